The van der Waals surface area contributed by atoms with Gasteiger partial charge in [-0.2, -0.15) is 0 Å². The molecular formula is C12H16N2O4. The molecule has 0 heterocycles. The van der Waals surface area contributed by atoms with Crippen LogP contribution in [0.15, 0.2) is 24.3 Å². The second-order valence-corrected chi connectivity index (χ2v) is 3.82. The zero-order valence-electron chi connectivity index (χ0n) is 10.1. The van der Waals surface area contributed by atoms with Crippen molar-refractivity contribution in [1.82, 2.24) is 0 Å². The molecule has 0 bridgehead atoms. The van der Waals surface area contributed by atoms with Crippen molar-refractivity contribution in [3.8, 4) is 0 Å². The SMILES string of the molecule is COCC(N)C(=O)Nc1ccc(CC(=O)O)cc1. The highest BCUT2D eigenvalue weighted by molar-refractivity contribution is 5.94. The monoisotopic (exact) mass is 252 g/mol. The highest BCUT2D eigenvalue weighted by Crippen LogP contribution is 2.10. The molecule has 0 saturated carbocycles. The zero-order valence-corrected chi connectivity index (χ0v) is 10.1. The van der Waals surface area contributed by atoms with Gasteiger partial charge in [-0.1, -0.05) is 12.1 Å². The van der Waals surface area contributed by atoms with E-state index in [-0.39, 0.29) is 18.9 Å². The van der Waals surface area contributed by atoms with E-state index in [2.05, 4.69) is 5.32 Å². The minimum absolute atomic E-state index is 0.0442. The first-order valence-corrected chi connectivity index (χ1v) is 5.39. The molecule has 0 aliphatic rings. The van der Waals surface area contributed by atoms with Gasteiger partial charge in [0.2, 0.25) is 5.91 Å². The quantitative estimate of drug-likeness (QED) is 0.672. The number of carboxylic acids is 1. The molecule has 0 spiro atoms. The molecule has 1 unspecified atom stereocenters. The lowest BCUT2D eigenvalue weighted by molar-refractivity contribution is -0.136. The number of aliphatic carboxylic acids is 1. The van der Waals surface area contributed by atoms with Gasteiger partial charge in [0.25, 0.3) is 0 Å². The third-order valence-corrected chi connectivity index (χ3v) is 2.26. The van der Waals surface area contributed by atoms with Crippen LogP contribution in [0.4, 0.5) is 5.69 Å². The maximum atomic E-state index is 11.6. The van der Waals surface area contributed by atoms with E-state index in [0.29, 0.717) is 11.3 Å². The topological polar surface area (TPSA) is 102 Å². The van der Waals surface area contributed by atoms with Crippen LogP contribution < -0.4 is 11.1 Å². The first kappa shape index (κ1) is 14.1. The van der Waals surface area contributed by atoms with E-state index in [1.807, 2.05) is 0 Å². The minimum atomic E-state index is -0.895. The molecule has 0 aliphatic heterocycles. The summed E-state index contributed by atoms with van der Waals surface area (Å²) in [5.74, 6) is -1.24. The van der Waals surface area contributed by atoms with Gasteiger partial charge >= 0.3 is 5.97 Å². The molecule has 0 fully saturated rings. The minimum Gasteiger partial charge on any atom is -0.481 e. The Morgan fingerprint density at radius 3 is 2.50 bits per heavy atom. The van der Waals surface area contributed by atoms with Gasteiger partial charge in [0.15, 0.2) is 0 Å². The number of hydrogen-bond acceptors (Lipinski definition) is 4. The predicted molar refractivity (Wildman–Crippen MR) is 66.3 cm³/mol. The summed E-state index contributed by atoms with van der Waals surface area (Å²) in [5.41, 5.74) is 6.79. The fourth-order valence-electron chi connectivity index (χ4n) is 1.37. The van der Waals surface area contributed by atoms with Crippen molar-refractivity contribution in [3.63, 3.8) is 0 Å². The number of ether oxygens (including phenoxy) is 1. The molecule has 1 rings (SSSR count). The third-order valence-electron chi connectivity index (χ3n) is 2.26. The van der Waals surface area contributed by atoms with Gasteiger partial charge in [-0.05, 0) is 17.7 Å². The standard InChI is InChI=1S/C12H16N2O4/c1-18-7-10(13)12(17)14-9-4-2-8(3-5-9)6-11(15)16/h2-5,10H,6-7,13H2,1H3,(H,14,17)(H,15,16). The van der Waals surface area contributed by atoms with Crippen LogP contribution in [-0.4, -0.2) is 36.7 Å². The summed E-state index contributed by atoms with van der Waals surface area (Å²) in [4.78, 5) is 22.0. The number of amides is 1. The van der Waals surface area contributed by atoms with Crippen LogP contribution in [0, 0.1) is 0 Å². The Labute approximate surface area is 105 Å². The molecule has 4 N–H and O–H groups in total. The number of carbonyl (C=O) groups excluding carboxylic acids is 1. The number of methoxy groups -OCH3 is 1. The lowest BCUT2D eigenvalue weighted by Gasteiger charge is -2.11. The fourth-order valence-corrected chi connectivity index (χ4v) is 1.37. The van der Waals surface area contributed by atoms with Crippen molar-refractivity contribution in [3.05, 3.63) is 29.8 Å². The van der Waals surface area contributed by atoms with E-state index in [1.54, 1.807) is 24.3 Å². The fraction of sp³-hybridized carbons (Fsp3) is 0.333. The number of rotatable bonds is 6. The first-order valence-electron chi connectivity index (χ1n) is 5.39. The summed E-state index contributed by atoms with van der Waals surface area (Å²) in [6, 6.07) is 5.83. The van der Waals surface area contributed by atoms with Crippen molar-refractivity contribution >= 4 is 17.6 Å². The second-order valence-electron chi connectivity index (χ2n) is 3.82. The number of benzene rings is 1. The summed E-state index contributed by atoms with van der Waals surface area (Å²) in [7, 11) is 1.47. The van der Waals surface area contributed by atoms with Crippen molar-refractivity contribution in [2.24, 2.45) is 5.73 Å². The van der Waals surface area contributed by atoms with Crippen molar-refractivity contribution in [2.45, 2.75) is 12.5 Å². The molecule has 0 aromatic heterocycles. The number of nitrogens with one attached hydrogen (secondary N) is 1. The second kappa shape index (κ2) is 6.73. The number of anilines is 1. The van der Waals surface area contributed by atoms with Crippen LogP contribution >= 0.6 is 0 Å². The molecule has 0 radical (unpaired) electrons. The van der Waals surface area contributed by atoms with Crippen LogP contribution in [0.5, 0.6) is 0 Å². The summed E-state index contributed by atoms with van der Waals surface area (Å²) < 4.78 is 4.77. The summed E-state index contributed by atoms with van der Waals surface area (Å²) >= 11 is 0. The average molecular weight is 252 g/mol. The lowest BCUT2D eigenvalue weighted by atomic mass is 10.1. The normalized spacial score (nSPS) is 11.9. The number of nitrogens with two attached hydrogens (primary N) is 1. The molecule has 98 valence electrons. The molecule has 6 heteroatoms. The maximum Gasteiger partial charge on any atom is 0.307 e. The predicted octanol–water partition coefficient (Wildman–Crippen LogP) is 0.226. The van der Waals surface area contributed by atoms with Crippen LogP contribution in [0.2, 0.25) is 0 Å². The molecule has 0 saturated heterocycles. The molecule has 1 aromatic rings. The summed E-state index contributed by atoms with van der Waals surface area (Å²) in [6.07, 6.45) is -0.0442. The molecule has 6 nitrogen and oxygen atoms in total. The largest absolute Gasteiger partial charge is 0.481 e. The van der Waals surface area contributed by atoms with Crippen LogP contribution in [0.25, 0.3) is 0 Å². The smallest absolute Gasteiger partial charge is 0.307 e. The van der Waals surface area contributed by atoms with Crippen molar-refractivity contribution < 1.29 is 19.4 Å². The molecule has 18 heavy (non-hydrogen) atoms. The number of hydrogen-bond donors (Lipinski definition) is 3. The van der Waals surface area contributed by atoms with Gasteiger partial charge in [0, 0.05) is 12.8 Å². The van der Waals surface area contributed by atoms with Gasteiger partial charge < -0.3 is 20.9 Å². The summed E-state index contributed by atoms with van der Waals surface area (Å²) in [5, 5.41) is 11.2. The van der Waals surface area contributed by atoms with E-state index in [1.165, 1.54) is 7.11 Å². The Hall–Kier alpha value is -1.92. The molecule has 1 atom stereocenters. The molecular weight excluding hydrogens is 236 g/mol. The Kier molecular flexibility index (Phi) is 5.29. The van der Waals surface area contributed by atoms with Crippen LogP contribution in [-0.2, 0) is 20.7 Å². The van der Waals surface area contributed by atoms with Gasteiger partial charge in [-0.25, -0.2) is 0 Å². The number of carboxylic acid groups (broad SMARTS) is 1. The maximum absolute atomic E-state index is 11.6. The van der Waals surface area contributed by atoms with Crippen molar-refractivity contribution in [1.29, 1.82) is 0 Å². The highest BCUT2D eigenvalue weighted by Gasteiger charge is 2.12. The van der Waals surface area contributed by atoms with Crippen LogP contribution in [0.1, 0.15) is 5.56 Å². The average Bonchev–Trinajstić information content (AvgIpc) is 2.31. The van der Waals surface area contributed by atoms with E-state index in [0.717, 1.165) is 0 Å². The molecule has 0 aliphatic carbocycles. The van der Waals surface area contributed by atoms with Gasteiger partial charge in [0.05, 0.1) is 13.0 Å². The van der Waals surface area contributed by atoms with E-state index in [9.17, 15) is 9.59 Å². The van der Waals surface area contributed by atoms with E-state index < -0.39 is 12.0 Å². The van der Waals surface area contributed by atoms with Crippen LogP contribution in [0.3, 0.4) is 0 Å². The Morgan fingerprint density at radius 1 is 1.39 bits per heavy atom. The number of carbonyl (C=O) groups is 2. The molecule has 1 amide bonds. The van der Waals surface area contributed by atoms with Crippen molar-refractivity contribution in [2.75, 3.05) is 19.0 Å². The molecule has 1 aromatic carbocycles. The first-order chi connectivity index (χ1) is 8.52. The Balaban J connectivity index is 2.58. The summed E-state index contributed by atoms with van der Waals surface area (Å²) in [6.45, 7) is 0.142. The van der Waals surface area contributed by atoms with Gasteiger partial charge in [-0.3, -0.25) is 9.59 Å². The highest BCUT2D eigenvalue weighted by atomic mass is 16.5. The van der Waals surface area contributed by atoms with Gasteiger partial charge in [-0.15, -0.1) is 0 Å². The van der Waals surface area contributed by atoms with E-state index >= 15 is 0 Å². The Morgan fingerprint density at radius 2 is 2.00 bits per heavy atom. The van der Waals surface area contributed by atoms with Gasteiger partial charge in [0.1, 0.15) is 6.04 Å². The van der Waals surface area contributed by atoms with E-state index in [4.69, 9.17) is 15.6 Å². The Bertz CT molecular complexity index is 417. The lowest BCUT2D eigenvalue weighted by Crippen LogP contribution is -2.39. The third kappa shape index (κ3) is 4.52. The zero-order chi connectivity index (χ0) is 13.5.